The third kappa shape index (κ3) is 4.22. The first-order valence-electron chi connectivity index (χ1n) is 8.95. The molecule has 0 bridgehead atoms. The van der Waals surface area contributed by atoms with Crippen LogP contribution in [0.1, 0.15) is 43.7 Å². The Kier molecular flexibility index (Phi) is 5.46. The minimum atomic E-state index is -3.60. The summed E-state index contributed by atoms with van der Waals surface area (Å²) in [6.07, 6.45) is 3.67. The van der Waals surface area contributed by atoms with Gasteiger partial charge in [-0.05, 0) is 55.9 Å². The first-order chi connectivity index (χ1) is 11.9. The molecule has 1 aliphatic carbocycles. The normalized spacial score (nSPS) is 19.2. The Balaban J connectivity index is 1.71. The van der Waals surface area contributed by atoms with Crippen molar-refractivity contribution in [3.63, 3.8) is 0 Å². The van der Waals surface area contributed by atoms with Crippen molar-refractivity contribution in [3.05, 3.63) is 29.3 Å². The highest BCUT2D eigenvalue weighted by Gasteiger charge is 2.31. The zero-order chi connectivity index (χ0) is 18.0. The van der Waals surface area contributed by atoms with Crippen molar-refractivity contribution in [2.45, 2.75) is 56.6 Å². The molecule has 1 aromatic rings. The van der Waals surface area contributed by atoms with Crippen molar-refractivity contribution < 1.29 is 18.3 Å². The van der Waals surface area contributed by atoms with Crippen LogP contribution in [0, 0.1) is 5.92 Å². The summed E-state index contributed by atoms with van der Waals surface area (Å²) >= 11 is 0. The summed E-state index contributed by atoms with van der Waals surface area (Å²) in [6.45, 7) is 3.02. The lowest BCUT2D eigenvalue weighted by Crippen LogP contribution is -2.41. The van der Waals surface area contributed by atoms with Gasteiger partial charge in [-0.3, -0.25) is 4.79 Å². The number of carbonyl (C=O) groups is 1. The van der Waals surface area contributed by atoms with Gasteiger partial charge >= 0.3 is 0 Å². The molecule has 0 aromatic heterocycles. The fourth-order valence-electron chi connectivity index (χ4n) is 3.29. The molecule has 1 aliphatic heterocycles. The average Bonchev–Trinajstić information content (AvgIpc) is 2.51. The van der Waals surface area contributed by atoms with E-state index in [4.69, 9.17) is 0 Å². The summed E-state index contributed by atoms with van der Waals surface area (Å²) in [5.41, 5.74) is 2.03. The summed E-state index contributed by atoms with van der Waals surface area (Å²) < 4.78 is 27.3. The highest BCUT2D eigenvalue weighted by Crippen LogP contribution is 2.31. The topological polar surface area (TPSA) is 86.7 Å². The highest BCUT2D eigenvalue weighted by molar-refractivity contribution is 7.89. The molecule has 1 heterocycles. The molecule has 0 saturated heterocycles. The van der Waals surface area contributed by atoms with Gasteiger partial charge in [-0.25, -0.2) is 13.1 Å². The van der Waals surface area contributed by atoms with Crippen LogP contribution in [-0.2, 0) is 27.8 Å². The monoisotopic (exact) mass is 366 g/mol. The largest absolute Gasteiger partial charge is 0.393 e. The number of sulfonamides is 1. The summed E-state index contributed by atoms with van der Waals surface area (Å²) in [7, 11) is -3.60. The van der Waals surface area contributed by atoms with E-state index >= 15 is 0 Å². The quantitative estimate of drug-likeness (QED) is 0.797. The van der Waals surface area contributed by atoms with Crippen LogP contribution in [0.5, 0.6) is 0 Å². The lowest BCUT2D eigenvalue weighted by Gasteiger charge is -2.35. The van der Waals surface area contributed by atoms with Crippen molar-refractivity contribution in [3.8, 4) is 0 Å². The van der Waals surface area contributed by atoms with Gasteiger partial charge in [0.2, 0.25) is 15.9 Å². The van der Waals surface area contributed by atoms with Crippen LogP contribution < -0.4 is 4.72 Å². The Morgan fingerprint density at radius 1 is 1.36 bits per heavy atom. The van der Waals surface area contributed by atoms with Crippen molar-refractivity contribution in [1.29, 1.82) is 0 Å². The van der Waals surface area contributed by atoms with Crippen LogP contribution in [0.2, 0.25) is 0 Å². The SMILES string of the molecule is CC(O)CCNS(=O)(=O)c1ccc2c(c1)CN(C(=O)C1CCC1)CC2. The van der Waals surface area contributed by atoms with E-state index in [1.54, 1.807) is 19.1 Å². The molecule has 3 rings (SSSR count). The molecule has 6 nitrogen and oxygen atoms in total. The molecule has 1 fully saturated rings. The molecule has 1 unspecified atom stereocenters. The standard InChI is InChI=1S/C18H26N2O4S/c1-13(21)7-9-19-25(23,24)17-6-5-14-8-10-20(12-16(14)11-17)18(22)15-3-2-4-15/h5-6,11,13,15,19,21H,2-4,7-10,12H2,1H3. The zero-order valence-electron chi connectivity index (χ0n) is 14.6. The molecule has 0 radical (unpaired) electrons. The maximum atomic E-state index is 12.4. The van der Waals surface area contributed by atoms with Gasteiger partial charge in [0.15, 0.2) is 0 Å². The van der Waals surface area contributed by atoms with E-state index in [1.165, 1.54) is 0 Å². The number of rotatable bonds is 6. The third-order valence-corrected chi connectivity index (χ3v) is 6.58. The van der Waals surface area contributed by atoms with Crippen LogP contribution in [0.15, 0.2) is 23.1 Å². The van der Waals surface area contributed by atoms with E-state index in [2.05, 4.69) is 4.72 Å². The van der Waals surface area contributed by atoms with Gasteiger partial charge < -0.3 is 10.0 Å². The Hall–Kier alpha value is -1.44. The number of carbonyl (C=O) groups excluding carboxylic acids is 1. The second-order valence-electron chi connectivity index (χ2n) is 7.10. The number of hydrogen-bond donors (Lipinski definition) is 2. The molecule has 7 heteroatoms. The fourth-order valence-corrected chi connectivity index (χ4v) is 4.39. The molecule has 1 amide bonds. The molecular weight excluding hydrogens is 340 g/mol. The number of benzene rings is 1. The summed E-state index contributed by atoms with van der Waals surface area (Å²) in [4.78, 5) is 14.5. The molecule has 1 atom stereocenters. The third-order valence-electron chi connectivity index (χ3n) is 5.12. The van der Waals surface area contributed by atoms with Gasteiger partial charge in [0.1, 0.15) is 0 Å². The second kappa shape index (κ2) is 7.43. The van der Waals surface area contributed by atoms with Crippen molar-refractivity contribution in [1.82, 2.24) is 9.62 Å². The Labute approximate surface area is 149 Å². The summed E-state index contributed by atoms with van der Waals surface area (Å²) in [6, 6.07) is 5.15. The zero-order valence-corrected chi connectivity index (χ0v) is 15.4. The number of hydrogen-bond acceptors (Lipinski definition) is 4. The van der Waals surface area contributed by atoms with Crippen molar-refractivity contribution in [2.24, 2.45) is 5.92 Å². The van der Waals surface area contributed by atoms with E-state index in [0.717, 1.165) is 36.8 Å². The van der Waals surface area contributed by atoms with Crippen molar-refractivity contribution >= 4 is 15.9 Å². The first-order valence-corrected chi connectivity index (χ1v) is 10.4. The summed E-state index contributed by atoms with van der Waals surface area (Å²) in [5.74, 6) is 0.371. The van der Waals surface area contributed by atoms with Crippen LogP contribution in [0.4, 0.5) is 0 Å². The van der Waals surface area contributed by atoms with Gasteiger partial charge in [0.05, 0.1) is 11.0 Å². The Morgan fingerprint density at radius 3 is 2.76 bits per heavy atom. The van der Waals surface area contributed by atoms with E-state index < -0.39 is 16.1 Å². The second-order valence-corrected chi connectivity index (χ2v) is 8.87. The number of nitrogens with zero attached hydrogens (tertiary/aromatic N) is 1. The molecule has 1 saturated carbocycles. The van der Waals surface area contributed by atoms with E-state index in [9.17, 15) is 18.3 Å². The van der Waals surface area contributed by atoms with Crippen LogP contribution in [0.25, 0.3) is 0 Å². The van der Waals surface area contributed by atoms with Gasteiger partial charge in [-0.2, -0.15) is 0 Å². The van der Waals surface area contributed by atoms with Gasteiger partial charge in [0.25, 0.3) is 0 Å². The Bertz CT molecular complexity index is 741. The molecule has 1 aromatic carbocycles. The minimum Gasteiger partial charge on any atom is -0.393 e. The summed E-state index contributed by atoms with van der Waals surface area (Å²) in [5, 5.41) is 9.26. The average molecular weight is 366 g/mol. The maximum Gasteiger partial charge on any atom is 0.240 e. The minimum absolute atomic E-state index is 0.163. The first kappa shape index (κ1) is 18.4. The van der Waals surface area contributed by atoms with Crippen LogP contribution >= 0.6 is 0 Å². The van der Waals surface area contributed by atoms with E-state index in [0.29, 0.717) is 19.5 Å². The highest BCUT2D eigenvalue weighted by atomic mass is 32.2. The predicted molar refractivity (Wildman–Crippen MR) is 94.4 cm³/mol. The smallest absolute Gasteiger partial charge is 0.240 e. The number of aliphatic hydroxyl groups excluding tert-OH is 1. The van der Waals surface area contributed by atoms with Crippen LogP contribution in [-0.4, -0.2) is 43.5 Å². The van der Waals surface area contributed by atoms with Crippen LogP contribution in [0.3, 0.4) is 0 Å². The van der Waals surface area contributed by atoms with E-state index in [1.807, 2.05) is 11.0 Å². The van der Waals surface area contributed by atoms with Gasteiger partial charge in [-0.15, -0.1) is 0 Å². The molecule has 138 valence electrons. The number of fused-ring (bicyclic) bond motifs is 1. The number of aliphatic hydroxyl groups is 1. The van der Waals surface area contributed by atoms with Gasteiger partial charge in [-0.1, -0.05) is 12.5 Å². The molecular formula is C18H26N2O4S. The molecule has 25 heavy (non-hydrogen) atoms. The lowest BCUT2D eigenvalue weighted by atomic mass is 9.84. The number of amides is 1. The predicted octanol–water partition coefficient (Wildman–Crippen LogP) is 1.42. The van der Waals surface area contributed by atoms with E-state index in [-0.39, 0.29) is 23.3 Å². The Morgan fingerprint density at radius 2 is 2.12 bits per heavy atom. The molecule has 0 spiro atoms. The van der Waals surface area contributed by atoms with Crippen molar-refractivity contribution in [2.75, 3.05) is 13.1 Å². The fraction of sp³-hybridized carbons (Fsp3) is 0.611. The van der Waals surface area contributed by atoms with Gasteiger partial charge in [0, 0.05) is 25.6 Å². The molecule has 2 aliphatic rings. The lowest BCUT2D eigenvalue weighted by molar-refractivity contribution is -0.139. The maximum absolute atomic E-state index is 12.4. The number of nitrogens with one attached hydrogen (secondary N) is 1. The molecule has 2 N–H and O–H groups in total.